The predicted octanol–water partition coefficient (Wildman–Crippen LogP) is -0.0158. The monoisotopic (exact) mass is 552 g/mol. The van der Waals surface area contributed by atoms with Crippen LogP contribution in [0.2, 0.25) is 0 Å². The van der Waals surface area contributed by atoms with E-state index in [2.05, 4.69) is 29.8 Å². The summed E-state index contributed by atoms with van der Waals surface area (Å²) in [7, 11) is 0. The summed E-state index contributed by atoms with van der Waals surface area (Å²) in [6.07, 6.45) is 4.51. The molecule has 0 aromatic rings. The van der Waals surface area contributed by atoms with Crippen molar-refractivity contribution in [3.63, 3.8) is 0 Å². The Morgan fingerprint density at radius 1 is 1.55 bits per heavy atom. The predicted molar refractivity (Wildman–Crippen MR) is 77.6 cm³/mol. The number of nitrogens with one attached hydrogen (secondary N) is 3. The molecule has 1 aliphatic rings. The number of piperidine rings is 1. The summed E-state index contributed by atoms with van der Waals surface area (Å²) in [6, 6.07) is 1.22. The van der Waals surface area contributed by atoms with Crippen molar-refractivity contribution in [3.8, 4) is 6.07 Å². The van der Waals surface area contributed by atoms with Crippen LogP contribution in [0.25, 0.3) is 0 Å². The second-order valence-corrected chi connectivity index (χ2v) is 4.78. The van der Waals surface area contributed by atoms with Crippen LogP contribution < -0.4 is 16.0 Å². The molecule has 0 radical (unpaired) electrons. The third-order valence-electron chi connectivity index (χ3n) is 2.73. The number of nitriles is 1. The minimum atomic E-state index is -0.722. The fourth-order valence-corrected chi connectivity index (χ4v) is 1.85. The van der Waals surface area contributed by atoms with Crippen molar-refractivity contribution < 1.29 is 14.4 Å². The molecule has 0 aliphatic carbocycles. The van der Waals surface area contributed by atoms with E-state index in [1.807, 2.05) is 6.07 Å². The molecule has 0 aromatic carbocycles. The van der Waals surface area contributed by atoms with Gasteiger partial charge in [0.1, 0.15) is 6.04 Å². The molecule has 1 rings (SSSR count). The first-order valence-electron chi connectivity index (χ1n) is 7.15. The zero-order chi connectivity index (χ0) is 16.1. The normalized spacial score (nSPS) is 17.3. The van der Waals surface area contributed by atoms with Gasteiger partial charge in [-0.25, -0.2) is 0 Å². The molecule has 1 heterocycles. The molecule has 0 bridgehead atoms. The van der Waals surface area contributed by atoms with E-state index in [4.69, 9.17) is 5.26 Å². The molecule has 2 unspecified atom stereocenters. The van der Waals surface area contributed by atoms with Crippen LogP contribution in [-0.2, 0) is 14.4 Å². The third kappa shape index (κ3) is 8.91. The molecule has 130 valence electrons. The van der Waals surface area contributed by atoms with E-state index in [0.717, 1.165) is 12.8 Å². The van der Waals surface area contributed by atoms with Crippen molar-refractivity contribution in [2.75, 3.05) is 13.1 Å². The van der Waals surface area contributed by atoms with Crippen LogP contribution >= 0.6 is 0 Å². The maximum absolute atomic E-state index is 11.5. The number of hydrogen-bond acceptors (Lipinski definition) is 4. The summed E-state index contributed by atoms with van der Waals surface area (Å²) < 4.78 is 0. The molecule has 0 aromatic heterocycles. The Morgan fingerprint density at radius 3 is 2.68 bits per heavy atom. The Hall–Kier alpha value is -3.10. The first-order chi connectivity index (χ1) is 10.1. The van der Waals surface area contributed by atoms with E-state index in [0.29, 0.717) is 13.0 Å². The van der Waals surface area contributed by atoms with Gasteiger partial charge in [-0.15, -0.1) is 0 Å². The van der Waals surface area contributed by atoms with Gasteiger partial charge >= 0.3 is 0 Å². The van der Waals surface area contributed by atoms with Crippen LogP contribution in [0.4, 0.5) is 0 Å². The maximum atomic E-state index is 11.5. The summed E-state index contributed by atoms with van der Waals surface area (Å²) in [4.78, 5) is 32.7. The Balaban J connectivity index is 0. The largest absolute Gasteiger partial charge is 0.522 e. The molecule has 7 nitrogen and oxygen atoms in total. The number of nitrogens with zero attached hydrogens (tertiary/aromatic N) is 1. The van der Waals surface area contributed by atoms with Crippen LogP contribution in [0.15, 0.2) is 0 Å². The number of amides is 3. The molecule has 3 N–H and O–H groups in total. The first kappa shape index (κ1) is 21.2. The van der Waals surface area contributed by atoms with Crippen molar-refractivity contribution in [1.29, 1.82) is 5.26 Å². The molecule has 2 atom stereocenters. The minimum absolute atomic E-state index is 0. The number of rotatable bonds is 6. The van der Waals surface area contributed by atoms with Gasteiger partial charge < -0.3 is 20.7 Å². The van der Waals surface area contributed by atoms with Gasteiger partial charge in [-0.1, -0.05) is 20.3 Å². The molecular formula is C14H23FmN4O3-. The molecule has 0 spiro atoms. The quantitative estimate of drug-likeness (QED) is 0.318. The maximum Gasteiger partial charge on any atom is 0.237 e. The molecule has 22 heavy (non-hydrogen) atoms. The van der Waals surface area contributed by atoms with Crippen LogP contribution in [0.3, 0.4) is 0 Å². The van der Waals surface area contributed by atoms with Gasteiger partial charge in [0.05, 0.1) is 12.6 Å². The molecule has 8 heteroatoms. The molecule has 1 aliphatic heterocycles. The molecule has 0 saturated carbocycles. The van der Waals surface area contributed by atoms with Gasteiger partial charge in [-0.3, -0.25) is 9.59 Å². The number of carbonyl (C=O) groups excluding carboxylic acids is 3. The molecular weight excluding hydrogens is 529 g/mol. The molecule has 1 saturated heterocycles. The average molecular weight is 552 g/mol. The summed E-state index contributed by atoms with van der Waals surface area (Å²) in [5.74, 6) is -0.787. The SMILES string of the molecule is CCC.N#CC(CC1CCCNC1=O)NC(=O)CN[C-]=O.[Fm]. The van der Waals surface area contributed by atoms with Gasteiger partial charge in [0.15, 0.2) is 0 Å². The topological polar surface area (TPSA) is 111 Å². The summed E-state index contributed by atoms with van der Waals surface area (Å²) in [5.41, 5.74) is 0. The van der Waals surface area contributed by atoms with Gasteiger partial charge in [0, 0.05) is 12.5 Å². The summed E-state index contributed by atoms with van der Waals surface area (Å²) in [6.45, 7) is 4.69. The van der Waals surface area contributed by atoms with Gasteiger partial charge in [-0.2, -0.15) is 11.7 Å². The second kappa shape index (κ2) is 12.9. The average Bonchev–Trinajstić information content (AvgIpc) is 2.47. The standard InChI is InChI=1S/C11H15N4O3.C3H8.Fm/c12-5-9(15-10(17)6-13-7-16)4-8-2-1-3-14-11(8)18;1-3-2;/h8-9H,1-4,6H2,(H,13,16)(H,14,18)(H,15,17);3H2,1-2H3;/q-1;;. The van der Waals surface area contributed by atoms with Gasteiger partial charge in [-0.05, 0) is 19.3 Å². The minimum Gasteiger partial charge on any atom is -0.522 e. The van der Waals surface area contributed by atoms with Crippen molar-refractivity contribution in [3.05, 3.63) is 0 Å². The zero-order valence-electron chi connectivity index (χ0n) is 12.9. The van der Waals surface area contributed by atoms with Crippen LogP contribution in [0, 0.1) is 17.2 Å². The van der Waals surface area contributed by atoms with E-state index in [9.17, 15) is 14.4 Å². The second-order valence-electron chi connectivity index (χ2n) is 4.78. The fourth-order valence-electron chi connectivity index (χ4n) is 1.85. The van der Waals surface area contributed by atoms with Crippen LogP contribution in [0.5, 0.6) is 0 Å². The van der Waals surface area contributed by atoms with Crippen molar-refractivity contribution in [2.45, 2.75) is 45.6 Å². The van der Waals surface area contributed by atoms with E-state index >= 15 is 0 Å². The zero-order valence-corrected chi connectivity index (χ0v) is 15.3. The summed E-state index contributed by atoms with van der Waals surface area (Å²) >= 11 is 0. The van der Waals surface area contributed by atoms with Crippen LogP contribution in [0.1, 0.15) is 39.5 Å². The van der Waals surface area contributed by atoms with Gasteiger partial charge in [0.2, 0.25) is 11.8 Å². The van der Waals surface area contributed by atoms with E-state index in [1.54, 1.807) is 0 Å². The molecule has 3 amide bonds. The van der Waals surface area contributed by atoms with E-state index in [1.165, 1.54) is 12.8 Å². The Morgan fingerprint density at radius 2 is 2.18 bits per heavy atom. The number of hydrogen-bond donors (Lipinski definition) is 3. The smallest absolute Gasteiger partial charge is 0.237 e. The van der Waals surface area contributed by atoms with Crippen molar-refractivity contribution in [1.82, 2.24) is 16.0 Å². The number of carbonyl (C=O) groups is 2. The Bertz CT molecular complexity index is 385. The van der Waals surface area contributed by atoms with Crippen LogP contribution in [-0.4, -0.2) is 37.4 Å². The van der Waals surface area contributed by atoms with Crippen molar-refractivity contribution in [2.24, 2.45) is 5.92 Å². The fraction of sp³-hybridized carbons (Fsp3) is 0.714. The van der Waals surface area contributed by atoms with Gasteiger partial charge in [0.25, 0.3) is 0 Å². The first-order valence-corrected chi connectivity index (χ1v) is 7.15. The summed E-state index contributed by atoms with van der Waals surface area (Å²) in [5, 5.41) is 16.2. The molecule has 1 fully saturated rings. The van der Waals surface area contributed by atoms with Crippen molar-refractivity contribution >= 4 is 18.2 Å². The van der Waals surface area contributed by atoms with E-state index < -0.39 is 11.9 Å². The Kier molecular flexibility index (Phi) is 12.4. The Labute approximate surface area is 125 Å². The third-order valence-corrected chi connectivity index (χ3v) is 2.73. The van der Waals surface area contributed by atoms with E-state index in [-0.39, 0.29) is 18.4 Å².